The summed E-state index contributed by atoms with van der Waals surface area (Å²) in [4.78, 5) is 12.7. The molecule has 2 aromatic rings. The third-order valence-electron chi connectivity index (χ3n) is 3.13. The molecule has 0 heterocycles. The van der Waals surface area contributed by atoms with Gasteiger partial charge in [-0.15, -0.1) is 12.6 Å². The van der Waals surface area contributed by atoms with E-state index in [-0.39, 0.29) is 5.97 Å². The molecule has 0 aliphatic carbocycles. The van der Waals surface area contributed by atoms with E-state index >= 15 is 0 Å². The summed E-state index contributed by atoms with van der Waals surface area (Å²) in [6.45, 7) is 2.33. The van der Waals surface area contributed by atoms with Gasteiger partial charge in [0.05, 0.1) is 12.2 Å². The second-order valence-corrected chi connectivity index (χ2v) is 5.24. The van der Waals surface area contributed by atoms with Crippen LogP contribution in [0.2, 0.25) is 0 Å². The van der Waals surface area contributed by atoms with Crippen molar-refractivity contribution in [3.8, 4) is 0 Å². The molecule has 0 radical (unpaired) electrons. The van der Waals surface area contributed by atoms with Crippen molar-refractivity contribution in [2.75, 3.05) is 6.61 Å². The molecule has 0 N–H and O–H groups in total. The summed E-state index contributed by atoms with van der Waals surface area (Å²) in [6.07, 6.45) is 1.75. The van der Waals surface area contributed by atoms with Gasteiger partial charge in [0.25, 0.3) is 0 Å². The molecule has 0 unspecified atom stereocenters. The monoisotopic (exact) mass is 286 g/mol. The Bertz CT molecular complexity index is 579. The minimum atomic E-state index is -0.272. The zero-order valence-corrected chi connectivity index (χ0v) is 12.4. The van der Waals surface area contributed by atoms with Gasteiger partial charge in [0.15, 0.2) is 0 Å². The van der Waals surface area contributed by atoms with Crippen LogP contribution in [-0.2, 0) is 11.2 Å². The molecule has 0 aliphatic heterocycles. The second-order valence-electron chi connectivity index (χ2n) is 4.72. The van der Waals surface area contributed by atoms with Gasteiger partial charge in [0.1, 0.15) is 0 Å². The SMILES string of the molecule is Cc1ccc(S)cc1C(=O)OCCCc1ccccc1. The lowest BCUT2D eigenvalue weighted by Gasteiger charge is -2.08. The highest BCUT2D eigenvalue weighted by atomic mass is 32.1. The van der Waals surface area contributed by atoms with Gasteiger partial charge in [-0.25, -0.2) is 4.79 Å². The number of hydrogen-bond acceptors (Lipinski definition) is 3. The fourth-order valence-corrected chi connectivity index (χ4v) is 2.20. The van der Waals surface area contributed by atoms with Gasteiger partial charge in [-0.3, -0.25) is 0 Å². The summed E-state index contributed by atoms with van der Waals surface area (Å²) in [6, 6.07) is 15.7. The van der Waals surface area contributed by atoms with Crippen LogP contribution in [0.4, 0.5) is 0 Å². The van der Waals surface area contributed by atoms with E-state index in [0.717, 1.165) is 23.3 Å². The molecule has 0 fully saturated rings. The molecule has 0 amide bonds. The average Bonchev–Trinajstić information content (AvgIpc) is 2.47. The summed E-state index contributed by atoms with van der Waals surface area (Å²) < 4.78 is 5.31. The number of ether oxygens (including phenoxy) is 1. The molecule has 2 aromatic carbocycles. The van der Waals surface area contributed by atoms with Gasteiger partial charge >= 0.3 is 5.97 Å². The van der Waals surface area contributed by atoms with E-state index < -0.39 is 0 Å². The molecule has 0 aromatic heterocycles. The number of rotatable bonds is 5. The highest BCUT2D eigenvalue weighted by Crippen LogP contribution is 2.15. The molecule has 2 rings (SSSR count). The topological polar surface area (TPSA) is 26.3 Å². The molecule has 0 spiro atoms. The summed E-state index contributed by atoms with van der Waals surface area (Å²) in [5.74, 6) is -0.272. The molecular formula is C17H18O2S. The molecule has 104 valence electrons. The lowest BCUT2D eigenvalue weighted by molar-refractivity contribution is 0.0499. The van der Waals surface area contributed by atoms with Crippen molar-refractivity contribution < 1.29 is 9.53 Å². The van der Waals surface area contributed by atoms with E-state index in [1.807, 2.05) is 37.3 Å². The van der Waals surface area contributed by atoms with Crippen LogP contribution in [0.1, 0.15) is 27.9 Å². The predicted octanol–water partition coefficient (Wildman–Crippen LogP) is 4.07. The number of aryl methyl sites for hydroxylation is 2. The molecule has 0 saturated carbocycles. The first-order valence-electron chi connectivity index (χ1n) is 6.67. The maximum Gasteiger partial charge on any atom is 0.338 e. The van der Waals surface area contributed by atoms with Crippen LogP contribution in [0.25, 0.3) is 0 Å². The van der Waals surface area contributed by atoms with Gasteiger partial charge in [-0.2, -0.15) is 0 Å². The summed E-state index contributed by atoms with van der Waals surface area (Å²) in [5, 5.41) is 0. The van der Waals surface area contributed by atoms with E-state index in [1.54, 1.807) is 6.07 Å². The van der Waals surface area contributed by atoms with Gasteiger partial charge in [0.2, 0.25) is 0 Å². The zero-order chi connectivity index (χ0) is 14.4. The fraction of sp³-hybridized carbons (Fsp3) is 0.235. The van der Waals surface area contributed by atoms with Crippen molar-refractivity contribution in [2.45, 2.75) is 24.7 Å². The normalized spacial score (nSPS) is 10.3. The number of carbonyl (C=O) groups is 1. The third kappa shape index (κ3) is 4.14. The Morgan fingerprint density at radius 1 is 1.15 bits per heavy atom. The highest BCUT2D eigenvalue weighted by Gasteiger charge is 2.10. The molecule has 20 heavy (non-hydrogen) atoms. The van der Waals surface area contributed by atoms with Crippen LogP contribution in [0.3, 0.4) is 0 Å². The first-order chi connectivity index (χ1) is 9.66. The Kier molecular flexibility index (Phi) is 5.24. The number of thiol groups is 1. The van der Waals surface area contributed by atoms with Crippen LogP contribution in [-0.4, -0.2) is 12.6 Å². The van der Waals surface area contributed by atoms with Gasteiger partial charge in [-0.05, 0) is 43.0 Å². The molecule has 0 aliphatic rings. The Morgan fingerprint density at radius 2 is 1.90 bits per heavy atom. The van der Waals surface area contributed by atoms with Crippen LogP contribution >= 0.6 is 12.6 Å². The van der Waals surface area contributed by atoms with Crippen LogP contribution < -0.4 is 0 Å². The molecule has 3 heteroatoms. The standard InChI is InChI=1S/C17H18O2S/c1-13-9-10-15(20)12-16(13)17(18)19-11-5-8-14-6-3-2-4-7-14/h2-4,6-7,9-10,12,20H,5,8,11H2,1H3. The first kappa shape index (κ1) is 14.7. The number of esters is 1. The van der Waals surface area contributed by atoms with Crippen molar-refractivity contribution in [1.82, 2.24) is 0 Å². The minimum absolute atomic E-state index is 0.272. The predicted molar refractivity (Wildman–Crippen MR) is 83.5 cm³/mol. The van der Waals surface area contributed by atoms with Crippen molar-refractivity contribution in [2.24, 2.45) is 0 Å². The Hall–Kier alpha value is -1.74. The summed E-state index contributed by atoms with van der Waals surface area (Å²) >= 11 is 4.25. The fourth-order valence-electron chi connectivity index (χ4n) is 1.99. The van der Waals surface area contributed by atoms with Crippen LogP contribution in [0, 0.1) is 6.92 Å². The third-order valence-corrected chi connectivity index (χ3v) is 3.41. The Labute approximate surface area is 125 Å². The van der Waals surface area contributed by atoms with E-state index in [1.165, 1.54) is 5.56 Å². The Morgan fingerprint density at radius 3 is 2.65 bits per heavy atom. The number of benzene rings is 2. The molecule has 0 atom stereocenters. The molecular weight excluding hydrogens is 268 g/mol. The summed E-state index contributed by atoms with van der Waals surface area (Å²) in [7, 11) is 0. The average molecular weight is 286 g/mol. The van der Waals surface area contributed by atoms with Crippen molar-refractivity contribution >= 4 is 18.6 Å². The lowest BCUT2D eigenvalue weighted by atomic mass is 10.1. The molecule has 0 bridgehead atoms. The maximum absolute atomic E-state index is 12.0. The van der Waals surface area contributed by atoms with Gasteiger partial charge < -0.3 is 4.74 Å². The Balaban J connectivity index is 1.82. The molecule has 0 saturated heterocycles. The maximum atomic E-state index is 12.0. The van der Waals surface area contributed by atoms with Crippen LogP contribution in [0.5, 0.6) is 0 Å². The van der Waals surface area contributed by atoms with Crippen molar-refractivity contribution in [3.63, 3.8) is 0 Å². The number of hydrogen-bond donors (Lipinski definition) is 1. The van der Waals surface area contributed by atoms with Crippen molar-refractivity contribution in [1.29, 1.82) is 0 Å². The van der Waals surface area contributed by atoms with Gasteiger partial charge in [-0.1, -0.05) is 36.4 Å². The smallest absolute Gasteiger partial charge is 0.338 e. The van der Waals surface area contributed by atoms with Crippen LogP contribution in [0.15, 0.2) is 53.4 Å². The quantitative estimate of drug-likeness (QED) is 0.509. The molecule has 2 nitrogen and oxygen atoms in total. The largest absolute Gasteiger partial charge is 0.462 e. The lowest BCUT2D eigenvalue weighted by Crippen LogP contribution is -2.08. The second kappa shape index (κ2) is 7.15. The van der Waals surface area contributed by atoms with E-state index in [9.17, 15) is 4.79 Å². The van der Waals surface area contributed by atoms with E-state index in [4.69, 9.17) is 4.74 Å². The number of carbonyl (C=O) groups excluding carboxylic acids is 1. The van der Waals surface area contributed by atoms with Gasteiger partial charge in [0, 0.05) is 4.90 Å². The first-order valence-corrected chi connectivity index (χ1v) is 7.12. The van der Waals surface area contributed by atoms with E-state index in [2.05, 4.69) is 24.8 Å². The minimum Gasteiger partial charge on any atom is -0.462 e. The summed E-state index contributed by atoms with van der Waals surface area (Å²) in [5.41, 5.74) is 2.77. The highest BCUT2D eigenvalue weighted by molar-refractivity contribution is 7.80. The van der Waals surface area contributed by atoms with Crippen molar-refractivity contribution in [3.05, 3.63) is 65.2 Å². The van der Waals surface area contributed by atoms with E-state index in [0.29, 0.717) is 12.2 Å². The zero-order valence-electron chi connectivity index (χ0n) is 11.5.